The Labute approximate surface area is 228 Å². The second-order valence-corrected chi connectivity index (χ2v) is 11.4. The molecule has 1 unspecified atom stereocenters. The number of imidazole rings is 1. The Hall–Kier alpha value is -2.80. The lowest BCUT2D eigenvalue weighted by Gasteiger charge is -2.36. The molecule has 4 nitrogen and oxygen atoms in total. The molecule has 1 fully saturated rings. The van der Waals surface area contributed by atoms with Gasteiger partial charge >= 0.3 is 0 Å². The maximum Gasteiger partial charge on any atom is 0.123 e. The lowest BCUT2D eigenvalue weighted by Crippen LogP contribution is -2.45. The third-order valence-electron chi connectivity index (χ3n) is 6.84. The van der Waals surface area contributed by atoms with E-state index in [1.165, 1.54) is 16.1 Å². The highest BCUT2D eigenvalue weighted by Gasteiger charge is 2.18. The van der Waals surface area contributed by atoms with Crippen LogP contribution < -0.4 is 4.90 Å². The van der Waals surface area contributed by atoms with E-state index in [4.69, 9.17) is 11.6 Å². The van der Waals surface area contributed by atoms with Gasteiger partial charge in [0.05, 0.1) is 6.33 Å². The van der Waals surface area contributed by atoms with E-state index >= 15 is 0 Å². The summed E-state index contributed by atoms with van der Waals surface area (Å²) in [5, 5.41) is 1.22. The minimum absolute atomic E-state index is 0.176. The number of aryl methyl sites for hydroxylation is 1. The Morgan fingerprint density at radius 1 is 0.865 bits per heavy atom. The third-order valence-corrected chi connectivity index (χ3v) is 8.35. The van der Waals surface area contributed by atoms with Crippen molar-refractivity contribution in [3.8, 4) is 0 Å². The molecular weight excluding hydrogens is 503 g/mol. The quantitative estimate of drug-likeness (QED) is 0.209. The molecule has 0 radical (unpaired) electrons. The maximum absolute atomic E-state index is 13.2. The number of benzene rings is 3. The van der Waals surface area contributed by atoms with Crippen molar-refractivity contribution in [1.82, 2.24) is 14.5 Å². The van der Waals surface area contributed by atoms with E-state index in [0.717, 1.165) is 62.7 Å². The smallest absolute Gasteiger partial charge is 0.123 e. The molecule has 1 saturated heterocycles. The zero-order chi connectivity index (χ0) is 25.5. The van der Waals surface area contributed by atoms with Crippen LogP contribution in [-0.2, 0) is 19.5 Å². The summed E-state index contributed by atoms with van der Waals surface area (Å²) in [4.78, 5) is 10.4. The van der Waals surface area contributed by atoms with Gasteiger partial charge in [-0.25, -0.2) is 9.37 Å². The van der Waals surface area contributed by atoms with E-state index in [2.05, 4.69) is 55.7 Å². The van der Waals surface area contributed by atoms with E-state index < -0.39 is 0 Å². The number of halogens is 2. The van der Waals surface area contributed by atoms with E-state index in [1.807, 2.05) is 54.7 Å². The zero-order valence-electron chi connectivity index (χ0n) is 20.8. The van der Waals surface area contributed by atoms with Crippen LogP contribution in [0, 0.1) is 5.82 Å². The number of piperazine rings is 1. The second-order valence-electron chi connectivity index (χ2n) is 9.55. The molecular formula is C30H32ClFN4S. The molecule has 1 aromatic heterocycles. The van der Waals surface area contributed by atoms with Gasteiger partial charge in [0.15, 0.2) is 0 Å². The lowest BCUT2D eigenvalue weighted by molar-refractivity contribution is 0.250. The van der Waals surface area contributed by atoms with Crippen molar-refractivity contribution in [2.24, 2.45) is 0 Å². The minimum atomic E-state index is -0.176. The molecule has 1 atom stereocenters. The molecule has 1 aliphatic heterocycles. The molecule has 2 heterocycles. The summed E-state index contributed by atoms with van der Waals surface area (Å²) < 4.78 is 15.3. The molecule has 3 aromatic carbocycles. The van der Waals surface area contributed by atoms with E-state index in [-0.39, 0.29) is 5.82 Å². The van der Waals surface area contributed by atoms with Crippen LogP contribution >= 0.6 is 23.4 Å². The molecule has 4 aromatic rings. The van der Waals surface area contributed by atoms with Gasteiger partial charge in [0.1, 0.15) is 5.82 Å². The number of hydrogen-bond donors (Lipinski definition) is 0. The predicted octanol–water partition coefficient (Wildman–Crippen LogP) is 6.79. The molecule has 0 saturated carbocycles. The molecule has 1 aliphatic rings. The highest BCUT2D eigenvalue weighted by molar-refractivity contribution is 8.00. The van der Waals surface area contributed by atoms with Crippen molar-refractivity contribution in [3.05, 3.63) is 113 Å². The van der Waals surface area contributed by atoms with Crippen molar-refractivity contribution in [2.45, 2.75) is 36.1 Å². The number of aromatic nitrogens is 2. The largest absolute Gasteiger partial charge is 0.369 e. The Morgan fingerprint density at radius 3 is 2.24 bits per heavy atom. The van der Waals surface area contributed by atoms with Crippen LogP contribution in [0.4, 0.5) is 10.1 Å². The first kappa shape index (κ1) is 25.8. The van der Waals surface area contributed by atoms with E-state index in [0.29, 0.717) is 5.25 Å². The average molecular weight is 535 g/mol. The first-order valence-corrected chi connectivity index (χ1v) is 14.1. The number of anilines is 1. The van der Waals surface area contributed by atoms with Crippen molar-refractivity contribution in [3.63, 3.8) is 0 Å². The van der Waals surface area contributed by atoms with Crippen LogP contribution in [0.15, 0.2) is 96.4 Å². The van der Waals surface area contributed by atoms with Gasteiger partial charge in [-0.3, -0.25) is 4.90 Å². The molecule has 7 heteroatoms. The summed E-state index contributed by atoms with van der Waals surface area (Å²) in [5.74, 6) is -0.176. The number of hydrogen-bond acceptors (Lipinski definition) is 4. The molecule has 37 heavy (non-hydrogen) atoms. The SMILES string of the molecule is Fc1ccc(CN2CCN(c3ccc(SC(CCc4ccc(Cl)cc4)Cn4ccnc4)cc3)CC2)cc1. The average Bonchev–Trinajstić information content (AvgIpc) is 3.44. The van der Waals surface area contributed by atoms with Gasteiger partial charge in [-0.2, -0.15) is 0 Å². The fourth-order valence-electron chi connectivity index (χ4n) is 4.74. The fourth-order valence-corrected chi connectivity index (χ4v) is 6.02. The molecule has 0 amide bonds. The normalized spacial score (nSPS) is 15.1. The Balaban J connectivity index is 1.15. The molecule has 0 spiro atoms. The van der Waals surface area contributed by atoms with Crippen molar-refractivity contribution in [2.75, 3.05) is 31.1 Å². The molecule has 192 valence electrons. The van der Waals surface area contributed by atoms with Gasteiger partial charge in [0.2, 0.25) is 0 Å². The zero-order valence-corrected chi connectivity index (χ0v) is 22.4. The Morgan fingerprint density at radius 2 is 1.57 bits per heavy atom. The predicted molar refractivity (Wildman–Crippen MR) is 152 cm³/mol. The van der Waals surface area contributed by atoms with E-state index in [9.17, 15) is 4.39 Å². The van der Waals surface area contributed by atoms with Gasteiger partial charge in [0, 0.05) is 72.5 Å². The summed E-state index contributed by atoms with van der Waals surface area (Å²) in [5.41, 5.74) is 3.75. The summed E-state index contributed by atoms with van der Waals surface area (Å²) in [6.45, 7) is 5.81. The van der Waals surface area contributed by atoms with E-state index in [1.54, 1.807) is 12.1 Å². The lowest BCUT2D eigenvalue weighted by atomic mass is 10.1. The summed E-state index contributed by atoms with van der Waals surface area (Å²) in [6, 6.07) is 24.1. The Kier molecular flexibility index (Phi) is 8.82. The van der Waals surface area contributed by atoms with Crippen LogP contribution in [-0.4, -0.2) is 45.9 Å². The Bertz CT molecular complexity index is 1220. The summed E-state index contributed by atoms with van der Waals surface area (Å²) in [7, 11) is 0. The topological polar surface area (TPSA) is 24.3 Å². The minimum Gasteiger partial charge on any atom is -0.369 e. The van der Waals surface area contributed by atoms with Gasteiger partial charge in [0.25, 0.3) is 0 Å². The first-order chi connectivity index (χ1) is 18.1. The van der Waals surface area contributed by atoms with Crippen LogP contribution in [0.1, 0.15) is 17.5 Å². The number of rotatable bonds is 10. The standard InChI is InChI=1S/C30H32ClFN4S/c31-26-6-1-24(2-7-26)5-12-30(22-35-16-15-33-23-35)37-29-13-10-28(11-14-29)36-19-17-34(18-20-36)21-25-3-8-27(32)9-4-25/h1-4,6-11,13-16,23,30H,5,12,17-22H2. The monoisotopic (exact) mass is 534 g/mol. The molecule has 0 aliphatic carbocycles. The summed E-state index contributed by atoms with van der Waals surface area (Å²) in [6.07, 6.45) is 7.87. The van der Waals surface area contributed by atoms with Crippen LogP contribution in [0.2, 0.25) is 5.02 Å². The number of thioether (sulfide) groups is 1. The van der Waals surface area contributed by atoms with Crippen LogP contribution in [0.3, 0.4) is 0 Å². The van der Waals surface area contributed by atoms with Crippen molar-refractivity contribution >= 4 is 29.1 Å². The molecule has 5 rings (SSSR count). The maximum atomic E-state index is 13.2. The highest BCUT2D eigenvalue weighted by Crippen LogP contribution is 2.30. The van der Waals surface area contributed by atoms with Crippen LogP contribution in [0.25, 0.3) is 0 Å². The molecule has 0 N–H and O–H groups in total. The highest BCUT2D eigenvalue weighted by atomic mass is 35.5. The third kappa shape index (κ3) is 7.60. The van der Waals surface area contributed by atoms with Gasteiger partial charge in [-0.1, -0.05) is 35.9 Å². The second kappa shape index (κ2) is 12.6. The van der Waals surface area contributed by atoms with Crippen molar-refractivity contribution < 1.29 is 4.39 Å². The van der Waals surface area contributed by atoms with Gasteiger partial charge < -0.3 is 9.47 Å². The van der Waals surface area contributed by atoms with Gasteiger partial charge in [-0.05, 0) is 72.5 Å². The summed E-state index contributed by atoms with van der Waals surface area (Å²) >= 11 is 8.00. The van der Waals surface area contributed by atoms with Crippen LogP contribution in [0.5, 0.6) is 0 Å². The first-order valence-electron chi connectivity index (χ1n) is 12.8. The van der Waals surface area contributed by atoms with Gasteiger partial charge in [-0.15, -0.1) is 11.8 Å². The number of nitrogens with zero attached hydrogens (tertiary/aromatic N) is 4. The molecule has 0 bridgehead atoms. The van der Waals surface area contributed by atoms with Crippen molar-refractivity contribution in [1.29, 1.82) is 0 Å². The fraction of sp³-hybridized carbons (Fsp3) is 0.300.